The van der Waals surface area contributed by atoms with Gasteiger partial charge in [0.2, 0.25) is 5.91 Å². The fourth-order valence-corrected chi connectivity index (χ4v) is 2.35. The summed E-state index contributed by atoms with van der Waals surface area (Å²) >= 11 is 0. The minimum absolute atomic E-state index is 0.0781. The lowest BCUT2D eigenvalue weighted by atomic mass is 10.2. The average molecular weight is 279 g/mol. The molecule has 1 amide bonds. The Bertz CT molecular complexity index is 479. The molecule has 1 saturated heterocycles. The molecule has 1 aromatic carbocycles. The minimum Gasteiger partial charge on any atom is -0.495 e. The van der Waals surface area contributed by atoms with Gasteiger partial charge in [-0.05, 0) is 24.6 Å². The first-order valence-corrected chi connectivity index (χ1v) is 6.61. The Kier molecular flexibility index (Phi) is 4.81. The zero-order chi connectivity index (χ0) is 14.5. The first-order valence-electron chi connectivity index (χ1n) is 6.61. The Morgan fingerprint density at radius 1 is 1.50 bits per heavy atom. The normalized spacial score (nSPS) is 19.0. The van der Waals surface area contributed by atoms with Crippen LogP contribution in [-0.4, -0.2) is 50.8 Å². The smallest absolute Gasteiger partial charge is 0.238 e. The quantitative estimate of drug-likeness (QED) is 0.784. The van der Waals surface area contributed by atoms with Crippen molar-refractivity contribution in [1.82, 2.24) is 4.90 Å². The van der Waals surface area contributed by atoms with Crippen LogP contribution in [0.15, 0.2) is 18.2 Å². The number of carbonyl (C=O) groups excluding carboxylic acids is 1. The summed E-state index contributed by atoms with van der Waals surface area (Å²) in [5.41, 5.74) is 6.91. The number of carbonyl (C=O) groups is 1. The molecule has 3 N–H and O–H groups in total. The van der Waals surface area contributed by atoms with Gasteiger partial charge >= 0.3 is 0 Å². The highest BCUT2D eigenvalue weighted by Crippen LogP contribution is 2.26. The van der Waals surface area contributed by atoms with Crippen molar-refractivity contribution in [2.24, 2.45) is 0 Å². The molecule has 0 saturated carbocycles. The highest BCUT2D eigenvalue weighted by Gasteiger charge is 2.23. The van der Waals surface area contributed by atoms with Crippen LogP contribution in [0.1, 0.15) is 6.42 Å². The number of nitrogens with one attached hydrogen (secondary N) is 1. The second-order valence-corrected chi connectivity index (χ2v) is 4.89. The maximum Gasteiger partial charge on any atom is 0.238 e. The Morgan fingerprint density at radius 3 is 2.95 bits per heavy atom. The van der Waals surface area contributed by atoms with Gasteiger partial charge in [0.05, 0.1) is 25.4 Å². The molecule has 1 aliphatic heterocycles. The van der Waals surface area contributed by atoms with Crippen molar-refractivity contribution in [1.29, 1.82) is 0 Å². The van der Waals surface area contributed by atoms with Crippen molar-refractivity contribution in [3.8, 4) is 5.75 Å². The Morgan fingerprint density at radius 2 is 2.30 bits per heavy atom. The summed E-state index contributed by atoms with van der Waals surface area (Å²) < 4.78 is 10.5. The minimum atomic E-state index is -0.0781. The van der Waals surface area contributed by atoms with E-state index in [4.69, 9.17) is 15.2 Å². The monoisotopic (exact) mass is 279 g/mol. The molecule has 1 heterocycles. The molecule has 20 heavy (non-hydrogen) atoms. The molecule has 1 aromatic rings. The number of rotatable bonds is 5. The van der Waals surface area contributed by atoms with Crippen LogP contribution < -0.4 is 15.8 Å². The largest absolute Gasteiger partial charge is 0.495 e. The van der Waals surface area contributed by atoms with Crippen molar-refractivity contribution in [2.75, 3.05) is 44.9 Å². The number of hydrogen-bond acceptors (Lipinski definition) is 5. The van der Waals surface area contributed by atoms with Crippen molar-refractivity contribution in [3.05, 3.63) is 18.2 Å². The number of benzene rings is 1. The number of nitrogen functional groups attached to an aromatic ring is 1. The van der Waals surface area contributed by atoms with Gasteiger partial charge in [0.1, 0.15) is 5.75 Å². The Balaban J connectivity index is 1.93. The Labute approximate surface area is 118 Å². The third kappa shape index (κ3) is 3.61. The van der Waals surface area contributed by atoms with Gasteiger partial charge in [-0.2, -0.15) is 0 Å². The van der Waals surface area contributed by atoms with Gasteiger partial charge < -0.3 is 20.5 Å². The molecule has 0 aromatic heterocycles. The number of anilines is 2. The zero-order valence-corrected chi connectivity index (χ0v) is 11.9. The van der Waals surface area contributed by atoms with Crippen LogP contribution >= 0.6 is 0 Å². The summed E-state index contributed by atoms with van der Waals surface area (Å²) in [7, 11) is 3.26. The van der Waals surface area contributed by atoms with Crippen LogP contribution in [0.5, 0.6) is 5.75 Å². The SMILES string of the molecule is COc1ccc(N)cc1NC(=O)CN1CCC(OC)C1. The highest BCUT2D eigenvalue weighted by molar-refractivity contribution is 5.94. The molecule has 6 heteroatoms. The lowest BCUT2D eigenvalue weighted by molar-refractivity contribution is -0.117. The van der Waals surface area contributed by atoms with Crippen molar-refractivity contribution >= 4 is 17.3 Å². The van der Waals surface area contributed by atoms with E-state index in [-0.39, 0.29) is 12.0 Å². The first-order chi connectivity index (χ1) is 9.62. The maximum absolute atomic E-state index is 12.1. The van der Waals surface area contributed by atoms with E-state index in [0.717, 1.165) is 19.5 Å². The van der Waals surface area contributed by atoms with E-state index in [0.29, 0.717) is 23.7 Å². The highest BCUT2D eigenvalue weighted by atomic mass is 16.5. The molecule has 0 aliphatic carbocycles. The van der Waals surface area contributed by atoms with E-state index < -0.39 is 0 Å². The van der Waals surface area contributed by atoms with Gasteiger partial charge in [0.15, 0.2) is 0 Å². The van der Waals surface area contributed by atoms with Gasteiger partial charge in [0, 0.05) is 25.9 Å². The molecule has 1 aliphatic rings. The summed E-state index contributed by atoms with van der Waals surface area (Å²) in [5.74, 6) is 0.523. The fourth-order valence-electron chi connectivity index (χ4n) is 2.35. The van der Waals surface area contributed by atoms with Crippen molar-refractivity contribution in [2.45, 2.75) is 12.5 Å². The molecule has 1 unspecified atom stereocenters. The first kappa shape index (κ1) is 14.6. The number of likely N-dealkylation sites (tertiary alicyclic amines) is 1. The molecule has 0 bridgehead atoms. The zero-order valence-electron chi connectivity index (χ0n) is 11.9. The number of amides is 1. The van der Waals surface area contributed by atoms with E-state index in [9.17, 15) is 4.79 Å². The summed E-state index contributed by atoms with van der Waals surface area (Å²) in [6.07, 6.45) is 1.19. The van der Waals surface area contributed by atoms with Crippen LogP contribution in [0.2, 0.25) is 0 Å². The van der Waals surface area contributed by atoms with Gasteiger partial charge in [-0.1, -0.05) is 0 Å². The predicted octanol–water partition coefficient (Wildman–Crippen LogP) is 0.937. The average Bonchev–Trinajstić information content (AvgIpc) is 2.86. The van der Waals surface area contributed by atoms with Crippen molar-refractivity contribution < 1.29 is 14.3 Å². The third-order valence-electron chi connectivity index (χ3n) is 3.43. The van der Waals surface area contributed by atoms with Gasteiger partial charge in [0.25, 0.3) is 0 Å². The lowest BCUT2D eigenvalue weighted by Gasteiger charge is -2.16. The molecular weight excluding hydrogens is 258 g/mol. The number of nitrogens with two attached hydrogens (primary N) is 1. The molecule has 0 spiro atoms. The number of nitrogens with zero attached hydrogens (tertiary/aromatic N) is 1. The molecule has 1 fully saturated rings. The second kappa shape index (κ2) is 6.58. The van der Waals surface area contributed by atoms with Crippen LogP contribution in [-0.2, 0) is 9.53 Å². The Hall–Kier alpha value is -1.79. The summed E-state index contributed by atoms with van der Waals surface area (Å²) in [4.78, 5) is 14.1. The van der Waals surface area contributed by atoms with Crippen LogP contribution in [0.25, 0.3) is 0 Å². The van der Waals surface area contributed by atoms with Crippen LogP contribution in [0, 0.1) is 0 Å². The summed E-state index contributed by atoms with van der Waals surface area (Å²) in [6.45, 7) is 2.01. The van der Waals surface area contributed by atoms with E-state index >= 15 is 0 Å². The lowest BCUT2D eigenvalue weighted by Crippen LogP contribution is -2.32. The second-order valence-electron chi connectivity index (χ2n) is 4.89. The molecule has 110 valence electrons. The summed E-state index contributed by atoms with van der Waals surface area (Å²) in [6, 6.07) is 5.17. The van der Waals surface area contributed by atoms with E-state index in [1.807, 2.05) is 0 Å². The number of hydrogen-bond donors (Lipinski definition) is 2. The fraction of sp³-hybridized carbons (Fsp3) is 0.500. The molecule has 0 radical (unpaired) electrons. The number of methoxy groups -OCH3 is 2. The molecule has 6 nitrogen and oxygen atoms in total. The predicted molar refractivity (Wildman–Crippen MR) is 77.9 cm³/mol. The van der Waals surface area contributed by atoms with Gasteiger partial charge in [-0.3, -0.25) is 9.69 Å². The van der Waals surface area contributed by atoms with Crippen molar-refractivity contribution in [3.63, 3.8) is 0 Å². The van der Waals surface area contributed by atoms with Crippen LogP contribution in [0.4, 0.5) is 11.4 Å². The number of ether oxygens (including phenoxy) is 2. The third-order valence-corrected chi connectivity index (χ3v) is 3.43. The van der Waals surface area contributed by atoms with Gasteiger partial charge in [-0.25, -0.2) is 0 Å². The van der Waals surface area contributed by atoms with E-state index in [1.165, 1.54) is 0 Å². The topological polar surface area (TPSA) is 76.8 Å². The molecule has 1 atom stereocenters. The molecular formula is C14H21N3O3. The molecule has 2 rings (SSSR count). The van der Waals surface area contributed by atoms with Gasteiger partial charge in [-0.15, -0.1) is 0 Å². The summed E-state index contributed by atoms with van der Waals surface area (Å²) in [5, 5.41) is 2.84. The van der Waals surface area contributed by atoms with Crippen LogP contribution in [0.3, 0.4) is 0 Å². The maximum atomic E-state index is 12.1. The standard InChI is InChI=1S/C14H21N3O3/c1-19-11-5-6-17(8-11)9-14(18)16-12-7-10(15)3-4-13(12)20-2/h3-4,7,11H,5-6,8-9,15H2,1-2H3,(H,16,18). The van der Waals surface area contributed by atoms with E-state index in [1.54, 1.807) is 32.4 Å². The van der Waals surface area contributed by atoms with E-state index in [2.05, 4.69) is 10.2 Å².